The normalized spacial score (nSPS) is 29.6. The average Bonchev–Trinajstić information content (AvgIpc) is 3.22. The standard InChI is InChI=1S/C17H23N3O/c1-2-9-19(8-1)12-14-5-6-16-17(14)21-11-10-20(16)13-15-4-3-7-18-15/h1-4,7-9,14,16-18H,5-6,10-13H2. The molecule has 21 heavy (non-hydrogen) atoms. The van der Waals surface area contributed by atoms with Crippen LogP contribution in [-0.4, -0.2) is 39.7 Å². The first-order valence-electron chi connectivity index (χ1n) is 7.99. The summed E-state index contributed by atoms with van der Waals surface area (Å²) in [5, 5.41) is 0. The Labute approximate surface area is 125 Å². The molecule has 0 amide bonds. The zero-order chi connectivity index (χ0) is 14.1. The fourth-order valence-electron chi connectivity index (χ4n) is 3.98. The van der Waals surface area contributed by atoms with Crippen molar-refractivity contribution in [2.75, 3.05) is 13.2 Å². The number of fused-ring (bicyclic) bond motifs is 1. The van der Waals surface area contributed by atoms with Gasteiger partial charge in [0, 0.05) is 55.9 Å². The molecule has 3 unspecified atom stereocenters. The van der Waals surface area contributed by atoms with Crippen LogP contribution in [-0.2, 0) is 17.8 Å². The summed E-state index contributed by atoms with van der Waals surface area (Å²) in [6, 6.07) is 9.05. The molecule has 0 aromatic carbocycles. The maximum atomic E-state index is 6.15. The Morgan fingerprint density at radius 1 is 1.19 bits per heavy atom. The number of nitrogens with one attached hydrogen (secondary N) is 1. The first-order valence-corrected chi connectivity index (χ1v) is 7.99. The lowest BCUT2D eigenvalue weighted by atomic mass is 10.0. The van der Waals surface area contributed by atoms with E-state index >= 15 is 0 Å². The van der Waals surface area contributed by atoms with E-state index in [0.717, 1.165) is 26.2 Å². The van der Waals surface area contributed by atoms with Gasteiger partial charge in [-0.25, -0.2) is 0 Å². The van der Waals surface area contributed by atoms with Crippen molar-refractivity contribution in [1.82, 2.24) is 14.5 Å². The molecule has 1 aliphatic carbocycles. The Morgan fingerprint density at radius 2 is 2.10 bits per heavy atom. The van der Waals surface area contributed by atoms with Gasteiger partial charge in [0.1, 0.15) is 0 Å². The highest BCUT2D eigenvalue weighted by Crippen LogP contribution is 2.36. The number of hydrogen-bond acceptors (Lipinski definition) is 2. The van der Waals surface area contributed by atoms with Crippen LogP contribution in [0.3, 0.4) is 0 Å². The fraction of sp³-hybridized carbons (Fsp3) is 0.529. The molecule has 2 aromatic rings. The van der Waals surface area contributed by atoms with E-state index in [4.69, 9.17) is 4.74 Å². The molecule has 0 bridgehead atoms. The molecular weight excluding hydrogens is 262 g/mol. The SMILES string of the molecule is c1c[nH]c(CN2CCOC3C(Cn4cccc4)CCC32)c1. The van der Waals surface area contributed by atoms with Crippen LogP contribution in [0.25, 0.3) is 0 Å². The number of morpholine rings is 1. The summed E-state index contributed by atoms with van der Waals surface area (Å²) < 4.78 is 8.44. The van der Waals surface area contributed by atoms with Crippen molar-refractivity contribution in [2.45, 2.75) is 38.1 Å². The molecule has 2 fully saturated rings. The lowest BCUT2D eigenvalue weighted by Gasteiger charge is -2.39. The van der Waals surface area contributed by atoms with Crippen molar-refractivity contribution < 1.29 is 4.74 Å². The van der Waals surface area contributed by atoms with Crippen LogP contribution in [0, 0.1) is 5.92 Å². The second-order valence-corrected chi connectivity index (χ2v) is 6.29. The van der Waals surface area contributed by atoms with Crippen LogP contribution in [0.4, 0.5) is 0 Å². The van der Waals surface area contributed by atoms with Gasteiger partial charge < -0.3 is 14.3 Å². The van der Waals surface area contributed by atoms with Crippen LogP contribution in [0.5, 0.6) is 0 Å². The van der Waals surface area contributed by atoms with Crippen molar-refractivity contribution >= 4 is 0 Å². The van der Waals surface area contributed by atoms with E-state index in [2.05, 4.69) is 51.1 Å². The summed E-state index contributed by atoms with van der Waals surface area (Å²) >= 11 is 0. The molecule has 4 nitrogen and oxygen atoms in total. The lowest BCUT2D eigenvalue weighted by molar-refractivity contribution is -0.0788. The number of rotatable bonds is 4. The molecule has 3 atom stereocenters. The van der Waals surface area contributed by atoms with Crippen LogP contribution in [0.1, 0.15) is 18.5 Å². The minimum atomic E-state index is 0.399. The molecule has 2 aromatic heterocycles. The third-order valence-corrected chi connectivity index (χ3v) is 4.98. The summed E-state index contributed by atoms with van der Waals surface area (Å²) in [6.07, 6.45) is 9.26. The highest BCUT2D eigenvalue weighted by molar-refractivity contribution is 5.05. The van der Waals surface area contributed by atoms with E-state index in [-0.39, 0.29) is 0 Å². The van der Waals surface area contributed by atoms with Gasteiger partial charge in [-0.15, -0.1) is 0 Å². The minimum Gasteiger partial charge on any atom is -0.375 e. The van der Waals surface area contributed by atoms with E-state index in [1.807, 2.05) is 6.20 Å². The van der Waals surface area contributed by atoms with Crippen LogP contribution >= 0.6 is 0 Å². The number of H-pyrrole nitrogens is 1. The number of hydrogen-bond donors (Lipinski definition) is 1. The number of nitrogens with zero attached hydrogens (tertiary/aromatic N) is 2. The Morgan fingerprint density at radius 3 is 2.90 bits per heavy atom. The molecule has 1 aliphatic heterocycles. The van der Waals surface area contributed by atoms with E-state index in [0.29, 0.717) is 18.1 Å². The topological polar surface area (TPSA) is 33.2 Å². The van der Waals surface area contributed by atoms with Crippen LogP contribution in [0.2, 0.25) is 0 Å². The fourth-order valence-corrected chi connectivity index (χ4v) is 3.98. The van der Waals surface area contributed by atoms with Gasteiger partial charge in [-0.2, -0.15) is 0 Å². The Balaban J connectivity index is 1.44. The smallest absolute Gasteiger partial charge is 0.0776 e. The number of aromatic amines is 1. The second kappa shape index (κ2) is 5.70. The molecule has 112 valence electrons. The summed E-state index contributed by atoms with van der Waals surface area (Å²) in [4.78, 5) is 5.93. The maximum absolute atomic E-state index is 6.15. The predicted molar refractivity (Wildman–Crippen MR) is 81.9 cm³/mol. The average molecular weight is 285 g/mol. The highest BCUT2D eigenvalue weighted by Gasteiger charge is 2.42. The zero-order valence-electron chi connectivity index (χ0n) is 12.3. The quantitative estimate of drug-likeness (QED) is 0.936. The van der Waals surface area contributed by atoms with Gasteiger partial charge in [-0.1, -0.05) is 0 Å². The van der Waals surface area contributed by atoms with Gasteiger partial charge in [-0.3, -0.25) is 4.90 Å². The van der Waals surface area contributed by atoms with Crippen molar-refractivity contribution in [3.05, 3.63) is 48.5 Å². The molecule has 2 aliphatic rings. The molecule has 4 heteroatoms. The third-order valence-electron chi connectivity index (χ3n) is 4.98. The van der Waals surface area contributed by atoms with Gasteiger partial charge in [0.05, 0.1) is 12.7 Å². The van der Waals surface area contributed by atoms with Crippen LogP contribution < -0.4 is 0 Å². The van der Waals surface area contributed by atoms with E-state index in [9.17, 15) is 0 Å². The molecule has 1 N–H and O–H groups in total. The van der Waals surface area contributed by atoms with Crippen molar-refractivity contribution in [3.8, 4) is 0 Å². The van der Waals surface area contributed by atoms with Crippen molar-refractivity contribution in [3.63, 3.8) is 0 Å². The summed E-state index contributed by atoms with van der Waals surface area (Å²) in [6.45, 7) is 4.03. The number of aromatic nitrogens is 2. The molecule has 0 spiro atoms. The third kappa shape index (κ3) is 2.65. The van der Waals surface area contributed by atoms with Gasteiger partial charge in [0.25, 0.3) is 0 Å². The molecular formula is C17H23N3O. The van der Waals surface area contributed by atoms with E-state index in [1.165, 1.54) is 18.5 Å². The van der Waals surface area contributed by atoms with Gasteiger partial charge >= 0.3 is 0 Å². The van der Waals surface area contributed by atoms with E-state index < -0.39 is 0 Å². The predicted octanol–water partition coefficient (Wildman–Crippen LogP) is 2.50. The molecule has 3 heterocycles. The Bertz CT molecular complexity index is 549. The van der Waals surface area contributed by atoms with Gasteiger partial charge in [0.15, 0.2) is 0 Å². The summed E-state index contributed by atoms with van der Waals surface area (Å²) in [7, 11) is 0. The lowest BCUT2D eigenvalue weighted by Crippen LogP contribution is -2.50. The largest absolute Gasteiger partial charge is 0.375 e. The Kier molecular flexibility index (Phi) is 3.57. The number of ether oxygens (including phenoxy) is 1. The molecule has 1 saturated carbocycles. The van der Waals surface area contributed by atoms with Crippen molar-refractivity contribution in [1.29, 1.82) is 0 Å². The maximum Gasteiger partial charge on any atom is 0.0776 e. The van der Waals surface area contributed by atoms with Crippen LogP contribution in [0.15, 0.2) is 42.9 Å². The van der Waals surface area contributed by atoms with Gasteiger partial charge in [0.2, 0.25) is 0 Å². The first kappa shape index (κ1) is 13.2. The summed E-state index contributed by atoms with van der Waals surface area (Å²) in [5.74, 6) is 0.647. The van der Waals surface area contributed by atoms with E-state index in [1.54, 1.807) is 0 Å². The second-order valence-electron chi connectivity index (χ2n) is 6.29. The molecule has 4 rings (SSSR count). The summed E-state index contributed by atoms with van der Waals surface area (Å²) in [5.41, 5.74) is 1.31. The van der Waals surface area contributed by atoms with Crippen molar-refractivity contribution in [2.24, 2.45) is 5.92 Å². The van der Waals surface area contributed by atoms with Gasteiger partial charge in [-0.05, 0) is 37.1 Å². The molecule has 1 saturated heterocycles. The Hall–Kier alpha value is -1.52. The highest BCUT2D eigenvalue weighted by atomic mass is 16.5. The molecule has 0 radical (unpaired) electrons. The first-order chi connectivity index (χ1) is 10.4. The minimum absolute atomic E-state index is 0.399. The monoisotopic (exact) mass is 285 g/mol. The zero-order valence-corrected chi connectivity index (χ0v) is 12.3.